The van der Waals surface area contributed by atoms with E-state index in [1.807, 2.05) is 19.9 Å². The minimum atomic E-state index is -0.564. The third kappa shape index (κ3) is 3.07. The van der Waals surface area contributed by atoms with E-state index in [0.29, 0.717) is 16.3 Å². The highest BCUT2D eigenvalue weighted by atomic mass is 32.1. The Balaban J connectivity index is 1.90. The minimum absolute atomic E-state index is 0.299. The number of thiazole rings is 1. The molecule has 1 aromatic heterocycles. The zero-order valence-electron chi connectivity index (χ0n) is 12.7. The number of aromatic nitrogens is 1. The molecule has 3 aromatic rings. The number of rotatable bonds is 3. The molecule has 2 aromatic carbocycles. The van der Waals surface area contributed by atoms with Crippen LogP contribution in [-0.2, 0) is 0 Å². The molecule has 0 radical (unpaired) electrons. The first-order chi connectivity index (χ1) is 10.9. The van der Waals surface area contributed by atoms with E-state index in [9.17, 15) is 9.59 Å². The second-order valence-electron chi connectivity index (χ2n) is 5.35. The molecular weight excluding hydrogens is 310 g/mol. The Hall–Kier alpha value is -2.73. The molecule has 0 bridgehead atoms. The molecule has 3 N–H and O–H groups in total. The number of fused-ring (bicyclic) bond motifs is 1. The average molecular weight is 325 g/mol. The second-order valence-corrected chi connectivity index (χ2v) is 6.38. The topological polar surface area (TPSA) is 85.1 Å². The lowest BCUT2D eigenvalue weighted by Crippen LogP contribution is -2.15. The van der Waals surface area contributed by atoms with E-state index in [1.165, 1.54) is 17.4 Å². The van der Waals surface area contributed by atoms with E-state index in [-0.39, 0.29) is 5.91 Å². The monoisotopic (exact) mass is 325 g/mol. The van der Waals surface area contributed by atoms with Gasteiger partial charge in [-0.1, -0.05) is 23.5 Å². The van der Waals surface area contributed by atoms with Crippen molar-refractivity contribution in [3.05, 3.63) is 58.7 Å². The first-order valence-corrected chi connectivity index (χ1v) is 7.84. The SMILES string of the molecule is Cc1cc(C)c2nc(NC(=O)c3cccc(C(N)=O)c3)sc2c1. The fourth-order valence-corrected chi connectivity index (χ4v) is 3.44. The van der Waals surface area contributed by atoms with Crippen LogP contribution in [0.4, 0.5) is 5.13 Å². The molecule has 0 aliphatic carbocycles. The van der Waals surface area contributed by atoms with Gasteiger partial charge in [0.05, 0.1) is 10.2 Å². The molecule has 0 unspecified atom stereocenters. The summed E-state index contributed by atoms with van der Waals surface area (Å²) in [5, 5.41) is 3.31. The number of anilines is 1. The Labute approximate surface area is 137 Å². The van der Waals surface area contributed by atoms with Crippen LogP contribution >= 0.6 is 11.3 Å². The quantitative estimate of drug-likeness (QED) is 0.775. The normalized spacial score (nSPS) is 10.7. The Bertz CT molecular complexity index is 931. The minimum Gasteiger partial charge on any atom is -0.366 e. The van der Waals surface area contributed by atoms with Gasteiger partial charge in [-0.3, -0.25) is 14.9 Å². The zero-order valence-corrected chi connectivity index (χ0v) is 13.5. The zero-order chi connectivity index (χ0) is 16.6. The summed E-state index contributed by atoms with van der Waals surface area (Å²) in [6.07, 6.45) is 0. The van der Waals surface area contributed by atoms with E-state index in [1.54, 1.807) is 18.2 Å². The van der Waals surface area contributed by atoms with Crippen LogP contribution in [0.25, 0.3) is 10.2 Å². The van der Waals surface area contributed by atoms with Gasteiger partial charge in [0, 0.05) is 11.1 Å². The van der Waals surface area contributed by atoms with E-state index in [2.05, 4.69) is 16.4 Å². The molecular formula is C17H15N3O2S. The van der Waals surface area contributed by atoms with Gasteiger partial charge in [-0.05, 0) is 49.2 Å². The number of benzene rings is 2. The first-order valence-electron chi connectivity index (χ1n) is 7.03. The van der Waals surface area contributed by atoms with Crippen LogP contribution in [0.3, 0.4) is 0 Å². The van der Waals surface area contributed by atoms with Gasteiger partial charge in [-0.2, -0.15) is 0 Å². The molecule has 0 atom stereocenters. The number of nitrogens with zero attached hydrogens (tertiary/aromatic N) is 1. The van der Waals surface area contributed by atoms with Crippen molar-refractivity contribution in [2.24, 2.45) is 5.73 Å². The predicted octanol–water partition coefficient (Wildman–Crippen LogP) is 3.26. The third-order valence-corrected chi connectivity index (χ3v) is 4.38. The number of primary amides is 1. The lowest BCUT2D eigenvalue weighted by Gasteiger charge is -2.02. The molecule has 0 aliphatic rings. The second kappa shape index (κ2) is 5.81. The molecule has 0 saturated heterocycles. The van der Waals surface area contributed by atoms with Gasteiger partial charge in [0.2, 0.25) is 5.91 Å². The summed E-state index contributed by atoms with van der Waals surface area (Å²) >= 11 is 1.42. The number of amides is 2. The van der Waals surface area contributed by atoms with Crippen molar-refractivity contribution < 1.29 is 9.59 Å². The van der Waals surface area contributed by atoms with Crippen LogP contribution in [0.2, 0.25) is 0 Å². The summed E-state index contributed by atoms with van der Waals surface area (Å²) in [4.78, 5) is 28.0. The third-order valence-electron chi connectivity index (χ3n) is 3.46. The number of hydrogen-bond donors (Lipinski definition) is 2. The molecule has 5 nitrogen and oxygen atoms in total. The van der Waals surface area contributed by atoms with Gasteiger partial charge in [0.1, 0.15) is 0 Å². The van der Waals surface area contributed by atoms with Crippen LogP contribution in [0.15, 0.2) is 36.4 Å². The number of aryl methyl sites for hydroxylation is 2. The summed E-state index contributed by atoms with van der Waals surface area (Å²) in [5.74, 6) is -0.882. The molecule has 116 valence electrons. The van der Waals surface area contributed by atoms with Gasteiger partial charge >= 0.3 is 0 Å². The maximum absolute atomic E-state index is 12.3. The Morgan fingerprint density at radius 1 is 1.13 bits per heavy atom. The van der Waals surface area contributed by atoms with Gasteiger partial charge in [0.25, 0.3) is 5.91 Å². The highest BCUT2D eigenvalue weighted by Crippen LogP contribution is 2.29. The summed E-state index contributed by atoms with van der Waals surface area (Å²) in [5.41, 5.74) is 9.03. The Morgan fingerprint density at radius 2 is 1.87 bits per heavy atom. The molecule has 0 aliphatic heterocycles. The predicted molar refractivity (Wildman–Crippen MR) is 92.0 cm³/mol. The van der Waals surface area contributed by atoms with E-state index in [0.717, 1.165) is 21.3 Å². The van der Waals surface area contributed by atoms with Crippen LogP contribution in [0.5, 0.6) is 0 Å². The highest BCUT2D eigenvalue weighted by Gasteiger charge is 2.12. The molecule has 0 saturated carbocycles. The van der Waals surface area contributed by atoms with Gasteiger partial charge in [-0.25, -0.2) is 4.98 Å². The lowest BCUT2D eigenvalue weighted by atomic mass is 10.1. The molecule has 2 amide bonds. The van der Waals surface area contributed by atoms with Crippen molar-refractivity contribution in [2.45, 2.75) is 13.8 Å². The summed E-state index contributed by atoms with van der Waals surface area (Å²) < 4.78 is 1.03. The molecule has 1 heterocycles. The van der Waals surface area contributed by atoms with Gasteiger partial charge in [0.15, 0.2) is 5.13 Å². The van der Waals surface area contributed by atoms with Crippen LogP contribution in [0.1, 0.15) is 31.8 Å². The van der Waals surface area contributed by atoms with Crippen molar-refractivity contribution in [3.63, 3.8) is 0 Å². The summed E-state index contributed by atoms with van der Waals surface area (Å²) in [6.45, 7) is 4.02. The van der Waals surface area contributed by atoms with Crippen LogP contribution < -0.4 is 11.1 Å². The lowest BCUT2D eigenvalue weighted by molar-refractivity contribution is 0.1000. The number of nitrogens with two attached hydrogens (primary N) is 1. The van der Waals surface area contributed by atoms with Crippen molar-refractivity contribution in [2.75, 3.05) is 5.32 Å². The highest BCUT2D eigenvalue weighted by molar-refractivity contribution is 7.22. The van der Waals surface area contributed by atoms with Gasteiger partial charge < -0.3 is 5.73 Å². The van der Waals surface area contributed by atoms with Crippen molar-refractivity contribution in [1.82, 2.24) is 4.98 Å². The van der Waals surface area contributed by atoms with E-state index in [4.69, 9.17) is 5.73 Å². The Morgan fingerprint density at radius 3 is 2.61 bits per heavy atom. The van der Waals surface area contributed by atoms with Crippen molar-refractivity contribution in [1.29, 1.82) is 0 Å². The summed E-state index contributed by atoms with van der Waals surface area (Å²) in [7, 11) is 0. The first kappa shape index (κ1) is 15.2. The Kier molecular flexibility index (Phi) is 3.83. The van der Waals surface area contributed by atoms with E-state index < -0.39 is 5.91 Å². The fraction of sp³-hybridized carbons (Fsp3) is 0.118. The number of carbonyl (C=O) groups excluding carboxylic acids is 2. The standard InChI is InChI=1S/C17H15N3O2S/c1-9-6-10(2)14-13(7-9)23-17(19-14)20-16(22)12-5-3-4-11(8-12)15(18)21/h3-8H,1-2H3,(H2,18,21)(H,19,20,22). The van der Waals surface area contributed by atoms with Crippen LogP contribution in [-0.4, -0.2) is 16.8 Å². The van der Waals surface area contributed by atoms with Crippen molar-refractivity contribution in [3.8, 4) is 0 Å². The maximum Gasteiger partial charge on any atom is 0.257 e. The molecule has 0 spiro atoms. The molecule has 3 rings (SSSR count). The van der Waals surface area contributed by atoms with Crippen LogP contribution in [0, 0.1) is 13.8 Å². The summed E-state index contributed by atoms with van der Waals surface area (Å²) in [6, 6.07) is 10.4. The number of nitrogens with one attached hydrogen (secondary N) is 1. The molecule has 23 heavy (non-hydrogen) atoms. The largest absolute Gasteiger partial charge is 0.366 e. The van der Waals surface area contributed by atoms with E-state index >= 15 is 0 Å². The molecule has 6 heteroatoms. The maximum atomic E-state index is 12.3. The average Bonchev–Trinajstić information content (AvgIpc) is 2.90. The smallest absolute Gasteiger partial charge is 0.257 e. The fourth-order valence-electron chi connectivity index (χ4n) is 2.41. The molecule has 0 fully saturated rings. The van der Waals surface area contributed by atoms with Crippen molar-refractivity contribution >= 4 is 38.5 Å². The number of hydrogen-bond acceptors (Lipinski definition) is 4. The van der Waals surface area contributed by atoms with Gasteiger partial charge in [-0.15, -0.1) is 0 Å². The number of carbonyl (C=O) groups is 2.